The second-order valence-corrected chi connectivity index (χ2v) is 9.07. The molecule has 1 aliphatic heterocycles. The molecule has 0 saturated carbocycles. The molecule has 0 radical (unpaired) electrons. The van der Waals surface area contributed by atoms with Crippen molar-refractivity contribution in [1.82, 2.24) is 4.90 Å². The molecule has 0 amide bonds. The third-order valence-corrected chi connectivity index (χ3v) is 6.44. The molecule has 6 heteroatoms. The first-order chi connectivity index (χ1) is 15.5. The molecular formula is C26H27N3O2S. The number of carbonyl (C=O) groups excluding carboxylic acids is 1. The number of para-hydroxylation sites is 1. The van der Waals surface area contributed by atoms with E-state index in [1.54, 1.807) is 36.0 Å². The molecule has 3 aromatic carbocycles. The highest BCUT2D eigenvalue weighted by Crippen LogP contribution is 2.48. The van der Waals surface area contributed by atoms with Gasteiger partial charge in [0.05, 0.1) is 22.6 Å². The molecule has 5 nitrogen and oxygen atoms in total. The number of hydrogen-bond donors (Lipinski definition) is 0. The number of rotatable bonds is 7. The van der Waals surface area contributed by atoms with Gasteiger partial charge in [-0.2, -0.15) is 0 Å². The number of nitrogens with zero attached hydrogens (tertiary/aromatic N) is 3. The zero-order valence-electron chi connectivity index (χ0n) is 18.6. The number of oxime groups is 1. The highest BCUT2D eigenvalue weighted by Gasteiger charge is 2.23. The average Bonchev–Trinajstić information content (AvgIpc) is 2.82. The van der Waals surface area contributed by atoms with E-state index >= 15 is 0 Å². The molecule has 0 saturated heterocycles. The summed E-state index contributed by atoms with van der Waals surface area (Å²) in [5.74, 6) is -0.460. The van der Waals surface area contributed by atoms with Crippen LogP contribution in [0.25, 0.3) is 0 Å². The molecule has 32 heavy (non-hydrogen) atoms. The molecule has 0 aromatic heterocycles. The van der Waals surface area contributed by atoms with Crippen molar-refractivity contribution in [2.24, 2.45) is 5.16 Å². The van der Waals surface area contributed by atoms with E-state index in [2.05, 4.69) is 65.4 Å². The summed E-state index contributed by atoms with van der Waals surface area (Å²) in [6, 6.07) is 23.7. The van der Waals surface area contributed by atoms with E-state index in [1.807, 2.05) is 19.1 Å². The van der Waals surface area contributed by atoms with Crippen LogP contribution in [0.15, 0.2) is 87.7 Å². The topological polar surface area (TPSA) is 45.1 Å². The van der Waals surface area contributed by atoms with Gasteiger partial charge in [-0.3, -0.25) is 0 Å². The molecule has 0 atom stereocenters. The quantitative estimate of drug-likeness (QED) is 0.260. The first-order valence-electron chi connectivity index (χ1n) is 10.7. The largest absolute Gasteiger partial charge is 0.365 e. The smallest absolute Gasteiger partial charge is 0.340 e. The minimum atomic E-state index is -0.460. The highest BCUT2D eigenvalue weighted by atomic mass is 32.2. The van der Waals surface area contributed by atoms with Gasteiger partial charge >= 0.3 is 5.97 Å². The maximum atomic E-state index is 12.2. The summed E-state index contributed by atoms with van der Waals surface area (Å²) in [5, 5.41) is 4.11. The lowest BCUT2D eigenvalue weighted by Gasteiger charge is -2.33. The van der Waals surface area contributed by atoms with Crippen molar-refractivity contribution in [2.75, 3.05) is 32.1 Å². The second-order valence-electron chi connectivity index (χ2n) is 7.98. The van der Waals surface area contributed by atoms with Crippen molar-refractivity contribution in [1.29, 1.82) is 0 Å². The number of anilines is 2. The van der Waals surface area contributed by atoms with Crippen LogP contribution in [0.4, 0.5) is 11.4 Å². The predicted molar refractivity (Wildman–Crippen MR) is 131 cm³/mol. The fourth-order valence-electron chi connectivity index (χ4n) is 3.63. The fourth-order valence-corrected chi connectivity index (χ4v) is 4.71. The SMILES string of the molecule is C/C(=N/OC(=O)c1ccccc1)c1ccc2c(c1)N(CCCN(C)C)c1ccccc1S2. The number of carbonyl (C=O) groups is 1. The maximum absolute atomic E-state index is 12.2. The van der Waals surface area contributed by atoms with Crippen molar-refractivity contribution in [3.05, 3.63) is 83.9 Å². The van der Waals surface area contributed by atoms with Gasteiger partial charge in [0.2, 0.25) is 0 Å². The summed E-state index contributed by atoms with van der Waals surface area (Å²) >= 11 is 1.78. The monoisotopic (exact) mass is 445 g/mol. The Morgan fingerprint density at radius 2 is 1.66 bits per heavy atom. The van der Waals surface area contributed by atoms with Crippen molar-refractivity contribution in [3.63, 3.8) is 0 Å². The summed E-state index contributed by atoms with van der Waals surface area (Å²) in [7, 11) is 4.20. The summed E-state index contributed by atoms with van der Waals surface area (Å²) in [5.41, 5.74) is 4.46. The zero-order valence-corrected chi connectivity index (χ0v) is 19.4. The number of fused-ring (bicyclic) bond motifs is 2. The summed E-state index contributed by atoms with van der Waals surface area (Å²) in [6.07, 6.45) is 1.05. The molecule has 0 unspecified atom stereocenters. The molecule has 0 aliphatic carbocycles. The fraction of sp³-hybridized carbons (Fsp3) is 0.231. The second kappa shape index (κ2) is 10.0. The minimum Gasteiger partial charge on any atom is -0.340 e. The van der Waals surface area contributed by atoms with Crippen LogP contribution in [-0.2, 0) is 4.84 Å². The van der Waals surface area contributed by atoms with Gasteiger partial charge in [0, 0.05) is 21.9 Å². The van der Waals surface area contributed by atoms with Crippen LogP contribution >= 0.6 is 11.8 Å². The molecular weight excluding hydrogens is 418 g/mol. The standard InChI is InChI=1S/C26H27N3O2S/c1-19(27-31-26(30)20-10-5-4-6-11-20)21-14-15-25-23(18-21)29(17-9-16-28(2)3)22-12-7-8-13-24(22)32-25/h4-8,10-15,18H,9,16-17H2,1-3H3/b27-19-. The zero-order chi connectivity index (χ0) is 22.5. The van der Waals surface area contributed by atoms with Gasteiger partial charge in [0.1, 0.15) is 0 Å². The highest BCUT2D eigenvalue weighted by molar-refractivity contribution is 7.99. The summed E-state index contributed by atoms with van der Waals surface area (Å²) in [4.78, 5) is 24.5. The molecule has 4 rings (SSSR count). The van der Waals surface area contributed by atoms with E-state index in [0.29, 0.717) is 11.3 Å². The van der Waals surface area contributed by atoms with Gasteiger partial charge in [0.25, 0.3) is 0 Å². The van der Waals surface area contributed by atoms with Crippen LogP contribution in [0, 0.1) is 0 Å². The number of hydrogen-bond acceptors (Lipinski definition) is 6. The van der Waals surface area contributed by atoms with E-state index in [4.69, 9.17) is 4.84 Å². The van der Waals surface area contributed by atoms with Crippen LogP contribution in [0.3, 0.4) is 0 Å². The van der Waals surface area contributed by atoms with Crippen molar-refractivity contribution in [2.45, 2.75) is 23.1 Å². The average molecular weight is 446 g/mol. The Balaban J connectivity index is 1.58. The van der Waals surface area contributed by atoms with Crippen molar-refractivity contribution in [3.8, 4) is 0 Å². The Morgan fingerprint density at radius 1 is 0.938 bits per heavy atom. The van der Waals surface area contributed by atoms with Crippen LogP contribution in [0.5, 0.6) is 0 Å². The lowest BCUT2D eigenvalue weighted by Crippen LogP contribution is -2.25. The van der Waals surface area contributed by atoms with Crippen LogP contribution in [0.1, 0.15) is 29.3 Å². The summed E-state index contributed by atoms with van der Waals surface area (Å²) in [6.45, 7) is 3.81. The van der Waals surface area contributed by atoms with Crippen LogP contribution in [0.2, 0.25) is 0 Å². The van der Waals surface area contributed by atoms with Gasteiger partial charge in [-0.25, -0.2) is 4.79 Å². The minimum absolute atomic E-state index is 0.460. The molecule has 1 heterocycles. The van der Waals surface area contributed by atoms with Gasteiger partial charge in [-0.05, 0) is 70.4 Å². The maximum Gasteiger partial charge on any atom is 0.365 e. The summed E-state index contributed by atoms with van der Waals surface area (Å²) < 4.78 is 0. The van der Waals surface area contributed by atoms with E-state index in [9.17, 15) is 4.79 Å². The van der Waals surface area contributed by atoms with Crippen LogP contribution < -0.4 is 4.90 Å². The molecule has 164 valence electrons. The predicted octanol–water partition coefficient (Wildman–Crippen LogP) is 5.82. The lowest BCUT2D eigenvalue weighted by molar-refractivity contribution is 0.0516. The molecule has 0 fully saturated rings. The third-order valence-electron chi connectivity index (χ3n) is 5.31. The van der Waals surface area contributed by atoms with E-state index < -0.39 is 5.97 Å². The molecule has 0 bridgehead atoms. The first kappa shape index (κ1) is 22.1. The third kappa shape index (κ3) is 5.03. The normalized spacial score (nSPS) is 13.0. The van der Waals surface area contributed by atoms with E-state index in [-0.39, 0.29) is 0 Å². The Hall–Kier alpha value is -3.09. The lowest BCUT2D eigenvalue weighted by atomic mass is 10.1. The van der Waals surface area contributed by atoms with Gasteiger partial charge in [-0.15, -0.1) is 0 Å². The molecule has 0 N–H and O–H groups in total. The van der Waals surface area contributed by atoms with E-state index in [1.165, 1.54) is 15.5 Å². The first-order valence-corrected chi connectivity index (χ1v) is 11.5. The molecule has 0 spiro atoms. The molecule has 3 aromatic rings. The Morgan fingerprint density at radius 3 is 2.44 bits per heavy atom. The van der Waals surface area contributed by atoms with E-state index in [0.717, 1.165) is 30.8 Å². The number of benzene rings is 3. The van der Waals surface area contributed by atoms with Gasteiger partial charge < -0.3 is 14.6 Å². The van der Waals surface area contributed by atoms with Gasteiger partial charge in [-0.1, -0.05) is 53.3 Å². The van der Waals surface area contributed by atoms with Crippen molar-refractivity contribution < 1.29 is 9.63 Å². The molecule has 1 aliphatic rings. The Bertz CT molecular complexity index is 1130. The Kier molecular flexibility index (Phi) is 6.93. The van der Waals surface area contributed by atoms with Gasteiger partial charge in [0.15, 0.2) is 0 Å². The Labute approximate surface area is 193 Å². The van der Waals surface area contributed by atoms with Crippen molar-refractivity contribution >= 4 is 34.8 Å². The van der Waals surface area contributed by atoms with Crippen LogP contribution in [-0.4, -0.2) is 43.8 Å².